The van der Waals surface area contributed by atoms with Gasteiger partial charge in [-0.3, -0.25) is 4.79 Å². The molecule has 0 N–H and O–H groups in total. The number of carbonyl (C=O) groups excluding carboxylic acids is 1. The van der Waals surface area contributed by atoms with Gasteiger partial charge in [0.25, 0.3) is 0 Å². The summed E-state index contributed by atoms with van der Waals surface area (Å²) < 4.78 is 6.16. The lowest BCUT2D eigenvalue weighted by atomic mass is 9.97. The van der Waals surface area contributed by atoms with Crippen LogP contribution < -0.4 is 4.74 Å². The Bertz CT molecular complexity index is 749. The first-order chi connectivity index (χ1) is 13.7. The summed E-state index contributed by atoms with van der Waals surface area (Å²) in [4.78, 5) is 15.3. The molecule has 1 aliphatic rings. The van der Waals surface area contributed by atoms with E-state index in [1.165, 1.54) is 0 Å². The van der Waals surface area contributed by atoms with Crippen LogP contribution >= 0.6 is 11.8 Å². The number of hydrogen-bond acceptors (Lipinski definition) is 3. The van der Waals surface area contributed by atoms with Crippen LogP contribution in [0.4, 0.5) is 0 Å². The van der Waals surface area contributed by atoms with Crippen molar-refractivity contribution in [2.75, 3.05) is 12.3 Å². The molecule has 150 valence electrons. The number of thioether (sulfide) groups is 1. The molecule has 0 aromatic heterocycles. The van der Waals surface area contributed by atoms with Gasteiger partial charge in [0.15, 0.2) is 0 Å². The SMILES string of the molecule is CCCC[C@H](CC)C(=O)N1CCS[C@@H]1c1ccccc1OCc1ccccc1. The van der Waals surface area contributed by atoms with Gasteiger partial charge in [0.1, 0.15) is 17.7 Å². The van der Waals surface area contributed by atoms with Crippen LogP contribution in [-0.4, -0.2) is 23.1 Å². The first-order valence-corrected chi connectivity index (χ1v) is 11.5. The van der Waals surface area contributed by atoms with Crippen LogP contribution in [0.3, 0.4) is 0 Å². The Hall–Kier alpha value is -1.94. The minimum atomic E-state index is 0.0511. The lowest BCUT2D eigenvalue weighted by Gasteiger charge is -2.29. The van der Waals surface area contributed by atoms with E-state index >= 15 is 0 Å². The molecule has 4 heteroatoms. The van der Waals surface area contributed by atoms with Crippen molar-refractivity contribution in [1.29, 1.82) is 0 Å². The average molecular weight is 398 g/mol. The van der Waals surface area contributed by atoms with Crippen molar-refractivity contribution in [3.63, 3.8) is 0 Å². The van der Waals surface area contributed by atoms with E-state index in [1.54, 1.807) is 0 Å². The summed E-state index contributed by atoms with van der Waals surface area (Å²) in [6.07, 6.45) is 4.16. The van der Waals surface area contributed by atoms with Crippen LogP contribution in [0.2, 0.25) is 0 Å². The third-order valence-electron chi connectivity index (χ3n) is 5.34. The number of hydrogen-bond donors (Lipinski definition) is 0. The highest BCUT2D eigenvalue weighted by Crippen LogP contribution is 2.43. The van der Waals surface area contributed by atoms with Gasteiger partial charge in [0.05, 0.1) is 0 Å². The maximum atomic E-state index is 13.2. The van der Waals surface area contributed by atoms with Gasteiger partial charge >= 0.3 is 0 Å². The Kier molecular flexibility index (Phi) is 7.84. The molecule has 1 heterocycles. The third-order valence-corrected chi connectivity index (χ3v) is 6.59. The molecule has 28 heavy (non-hydrogen) atoms. The quantitative estimate of drug-likeness (QED) is 0.515. The highest BCUT2D eigenvalue weighted by atomic mass is 32.2. The number of nitrogens with zero attached hydrogens (tertiary/aromatic N) is 1. The van der Waals surface area contributed by atoms with Crippen molar-refractivity contribution >= 4 is 17.7 Å². The maximum absolute atomic E-state index is 13.2. The van der Waals surface area contributed by atoms with E-state index in [9.17, 15) is 4.79 Å². The summed E-state index contributed by atoms with van der Waals surface area (Å²) in [7, 11) is 0. The fourth-order valence-corrected chi connectivity index (χ4v) is 4.98. The Morgan fingerprint density at radius 1 is 1.14 bits per heavy atom. The van der Waals surface area contributed by atoms with Crippen molar-refractivity contribution in [2.24, 2.45) is 5.92 Å². The summed E-state index contributed by atoms with van der Waals surface area (Å²) in [5, 5.41) is 0.0511. The van der Waals surface area contributed by atoms with Crippen LogP contribution in [0.1, 0.15) is 56.0 Å². The van der Waals surface area contributed by atoms with Gasteiger partial charge in [-0.1, -0.05) is 75.2 Å². The van der Waals surface area contributed by atoms with Gasteiger partial charge in [-0.25, -0.2) is 0 Å². The molecule has 2 aromatic rings. The van der Waals surface area contributed by atoms with Gasteiger partial charge in [-0.15, -0.1) is 11.8 Å². The van der Waals surface area contributed by atoms with E-state index in [1.807, 2.05) is 48.2 Å². The molecular weight excluding hydrogens is 366 g/mol. The lowest BCUT2D eigenvalue weighted by molar-refractivity contribution is -0.136. The van der Waals surface area contributed by atoms with E-state index in [4.69, 9.17) is 4.74 Å². The number of ether oxygens (including phenoxy) is 1. The normalized spacial score (nSPS) is 17.5. The van der Waals surface area contributed by atoms with Crippen LogP contribution in [0.25, 0.3) is 0 Å². The Labute approximate surface area is 173 Å². The van der Waals surface area contributed by atoms with Gasteiger partial charge in [0.2, 0.25) is 5.91 Å². The van der Waals surface area contributed by atoms with Gasteiger partial charge in [-0.05, 0) is 24.5 Å². The van der Waals surface area contributed by atoms with Crippen molar-refractivity contribution in [1.82, 2.24) is 4.90 Å². The zero-order valence-electron chi connectivity index (χ0n) is 17.0. The highest BCUT2D eigenvalue weighted by Gasteiger charge is 2.35. The summed E-state index contributed by atoms with van der Waals surface area (Å²) in [6.45, 7) is 5.68. The van der Waals surface area contributed by atoms with Crippen LogP contribution in [0.15, 0.2) is 54.6 Å². The Morgan fingerprint density at radius 2 is 1.89 bits per heavy atom. The fraction of sp³-hybridized carbons (Fsp3) is 0.458. The average Bonchev–Trinajstić information content (AvgIpc) is 3.23. The summed E-state index contributed by atoms with van der Waals surface area (Å²) in [6, 6.07) is 18.4. The zero-order valence-corrected chi connectivity index (χ0v) is 17.8. The molecule has 3 nitrogen and oxygen atoms in total. The molecule has 2 atom stereocenters. The van der Waals surface area contributed by atoms with Crippen molar-refractivity contribution in [3.8, 4) is 5.75 Å². The number of carbonyl (C=O) groups is 1. The minimum absolute atomic E-state index is 0.0511. The zero-order chi connectivity index (χ0) is 19.8. The number of amides is 1. The molecule has 0 radical (unpaired) electrons. The number of unbranched alkanes of at least 4 members (excludes halogenated alkanes) is 1. The second-order valence-electron chi connectivity index (χ2n) is 7.31. The largest absolute Gasteiger partial charge is 0.489 e. The molecule has 0 unspecified atom stereocenters. The van der Waals surface area contributed by atoms with E-state index in [-0.39, 0.29) is 11.3 Å². The maximum Gasteiger partial charge on any atom is 0.226 e. The Balaban J connectivity index is 1.75. The van der Waals surface area contributed by atoms with Crippen molar-refractivity contribution in [2.45, 2.75) is 51.5 Å². The molecule has 0 bridgehead atoms. The van der Waals surface area contributed by atoms with Crippen molar-refractivity contribution < 1.29 is 9.53 Å². The van der Waals surface area contributed by atoms with Gasteiger partial charge < -0.3 is 9.64 Å². The van der Waals surface area contributed by atoms with Crippen LogP contribution in [0, 0.1) is 5.92 Å². The molecule has 1 amide bonds. The monoisotopic (exact) mass is 397 g/mol. The standard InChI is InChI=1S/C24H31NO2S/c1-3-5-13-20(4-2)23(26)25-16-17-28-24(25)21-14-9-10-15-22(21)27-18-19-11-7-6-8-12-19/h6-12,14-15,20,24H,3-5,13,16-18H2,1-2H3/t20-,24+/m0/s1. The first-order valence-electron chi connectivity index (χ1n) is 10.4. The number of para-hydroxylation sites is 1. The van der Waals surface area contributed by atoms with E-state index in [0.29, 0.717) is 12.5 Å². The molecule has 1 fully saturated rings. The number of rotatable bonds is 9. The number of benzene rings is 2. The van der Waals surface area contributed by atoms with Crippen molar-refractivity contribution in [3.05, 3.63) is 65.7 Å². The first kappa shape index (κ1) is 20.8. The summed E-state index contributed by atoms with van der Waals surface area (Å²) in [5.74, 6) is 2.31. The van der Waals surface area contributed by atoms with E-state index in [0.717, 1.165) is 54.9 Å². The molecule has 0 saturated carbocycles. The second kappa shape index (κ2) is 10.6. The van der Waals surface area contributed by atoms with E-state index < -0.39 is 0 Å². The smallest absolute Gasteiger partial charge is 0.226 e. The topological polar surface area (TPSA) is 29.5 Å². The van der Waals surface area contributed by atoms with Gasteiger partial charge in [-0.2, -0.15) is 0 Å². The minimum Gasteiger partial charge on any atom is -0.489 e. The molecule has 1 aliphatic heterocycles. The molecule has 1 saturated heterocycles. The molecular formula is C24H31NO2S. The Morgan fingerprint density at radius 3 is 2.64 bits per heavy atom. The molecule has 3 rings (SSSR count). The molecule has 2 aromatic carbocycles. The lowest BCUT2D eigenvalue weighted by Crippen LogP contribution is -2.35. The van der Waals surface area contributed by atoms with Gasteiger partial charge in [0, 0.05) is 23.8 Å². The predicted octanol–water partition coefficient (Wildman–Crippen LogP) is 6.06. The highest BCUT2D eigenvalue weighted by molar-refractivity contribution is 7.99. The van der Waals surface area contributed by atoms with Crippen LogP contribution in [0.5, 0.6) is 5.75 Å². The molecule has 0 spiro atoms. The van der Waals surface area contributed by atoms with Crippen LogP contribution in [-0.2, 0) is 11.4 Å². The summed E-state index contributed by atoms with van der Waals surface area (Å²) >= 11 is 1.84. The molecule has 0 aliphatic carbocycles. The third kappa shape index (κ3) is 5.11. The van der Waals surface area contributed by atoms with E-state index in [2.05, 4.69) is 36.9 Å². The predicted molar refractivity (Wildman–Crippen MR) is 117 cm³/mol. The summed E-state index contributed by atoms with van der Waals surface area (Å²) in [5.41, 5.74) is 2.26. The fourth-order valence-electron chi connectivity index (χ4n) is 3.69. The second-order valence-corrected chi connectivity index (χ2v) is 8.50.